The number of aliphatic carboxylic acids is 1. The van der Waals surface area contributed by atoms with Crippen LogP contribution in [0.1, 0.15) is 57.7 Å². The van der Waals surface area contributed by atoms with Gasteiger partial charge in [-0.2, -0.15) is 18.3 Å². The minimum Gasteiger partial charge on any atom is -0.475 e. The number of carbonyl (C=O) groups excluding carboxylic acids is 1. The fraction of sp³-hybridized carbons (Fsp3) is 0.414. The highest BCUT2D eigenvalue weighted by Crippen LogP contribution is 2.28. The predicted molar refractivity (Wildman–Crippen MR) is 142 cm³/mol. The molecule has 1 amide bonds. The summed E-state index contributed by atoms with van der Waals surface area (Å²) in [5.41, 5.74) is 7.50. The number of amides is 1. The molecule has 1 aromatic heterocycles. The van der Waals surface area contributed by atoms with Crippen molar-refractivity contribution in [2.24, 2.45) is 0 Å². The van der Waals surface area contributed by atoms with Crippen molar-refractivity contribution in [2.45, 2.75) is 64.7 Å². The third kappa shape index (κ3) is 7.47. The average molecular weight is 543 g/mol. The van der Waals surface area contributed by atoms with Gasteiger partial charge in [0, 0.05) is 30.5 Å². The number of nitrogens with zero attached hydrogens (tertiary/aromatic N) is 3. The summed E-state index contributed by atoms with van der Waals surface area (Å²) >= 11 is 0. The Kier molecular flexibility index (Phi) is 8.74. The molecule has 0 spiro atoms. The smallest absolute Gasteiger partial charge is 0.475 e. The van der Waals surface area contributed by atoms with Crippen LogP contribution in [0.3, 0.4) is 0 Å². The van der Waals surface area contributed by atoms with Crippen LogP contribution >= 0.6 is 0 Å². The second-order valence-electron chi connectivity index (χ2n) is 10.2. The summed E-state index contributed by atoms with van der Waals surface area (Å²) in [6.45, 7) is 7.01. The SMILES string of the molecule is Cc1ccc(Cn2nc(C(=O)Nc3ccc4c(c3)CCN(C3CCC3)CC4)cc2C)cc1.O=C(O)C(F)(F)F. The molecule has 0 saturated heterocycles. The molecule has 2 N–H and O–H groups in total. The van der Waals surface area contributed by atoms with Gasteiger partial charge in [-0.25, -0.2) is 4.79 Å². The number of hydrogen-bond donors (Lipinski definition) is 2. The Balaban J connectivity index is 0.000000448. The summed E-state index contributed by atoms with van der Waals surface area (Å²) in [6, 6.07) is 17.5. The van der Waals surface area contributed by atoms with E-state index in [9.17, 15) is 18.0 Å². The van der Waals surface area contributed by atoms with Crippen LogP contribution in [0.5, 0.6) is 0 Å². The van der Waals surface area contributed by atoms with Gasteiger partial charge in [-0.3, -0.25) is 14.4 Å². The Morgan fingerprint density at radius 1 is 1.00 bits per heavy atom. The molecule has 1 aliphatic carbocycles. The minimum atomic E-state index is -5.08. The zero-order valence-electron chi connectivity index (χ0n) is 22.1. The Labute approximate surface area is 225 Å². The zero-order chi connectivity index (χ0) is 28.2. The first-order chi connectivity index (χ1) is 18.5. The molecule has 7 nitrogen and oxygen atoms in total. The molecule has 2 aliphatic rings. The first-order valence-corrected chi connectivity index (χ1v) is 13.1. The number of rotatable bonds is 5. The van der Waals surface area contributed by atoms with Crippen molar-refractivity contribution < 1.29 is 27.9 Å². The molecule has 5 rings (SSSR count). The third-order valence-electron chi connectivity index (χ3n) is 7.30. The fourth-order valence-electron chi connectivity index (χ4n) is 4.78. The number of aryl methyl sites for hydroxylation is 2. The lowest BCUT2D eigenvalue weighted by Crippen LogP contribution is -2.41. The molecule has 0 unspecified atom stereocenters. The van der Waals surface area contributed by atoms with Gasteiger partial charge < -0.3 is 10.4 Å². The number of nitrogens with one attached hydrogen (secondary N) is 1. The molecule has 3 aromatic rings. The first-order valence-electron chi connectivity index (χ1n) is 13.1. The molecule has 39 heavy (non-hydrogen) atoms. The number of fused-ring (bicyclic) bond motifs is 1. The number of carboxylic acid groups (broad SMARTS) is 1. The van der Waals surface area contributed by atoms with Crippen LogP contribution in [0, 0.1) is 13.8 Å². The highest BCUT2D eigenvalue weighted by molar-refractivity contribution is 6.03. The van der Waals surface area contributed by atoms with Gasteiger partial charge in [0.1, 0.15) is 0 Å². The number of halogens is 3. The third-order valence-corrected chi connectivity index (χ3v) is 7.30. The van der Waals surface area contributed by atoms with Gasteiger partial charge in [-0.05, 0) is 74.4 Å². The van der Waals surface area contributed by atoms with Crippen LogP contribution in [0.2, 0.25) is 0 Å². The summed E-state index contributed by atoms with van der Waals surface area (Å²) in [6.07, 6.45) is 1.16. The standard InChI is InChI=1S/C27H32N4O.C2HF3O2/c1-19-6-8-21(9-7-19)18-31-20(2)16-26(29-31)27(32)28-24-11-10-22-12-14-30(25-4-3-5-25)15-13-23(22)17-24;3-2(4,5)1(6)7/h6-11,16-17,25H,3-5,12-15,18H2,1-2H3,(H,28,32);(H,6,7). The second-order valence-corrected chi connectivity index (χ2v) is 10.2. The maximum Gasteiger partial charge on any atom is 0.490 e. The molecular formula is C29H33F3N4O3. The van der Waals surface area contributed by atoms with Crippen molar-refractivity contribution in [3.05, 3.63) is 82.2 Å². The van der Waals surface area contributed by atoms with Crippen molar-refractivity contribution in [1.29, 1.82) is 0 Å². The van der Waals surface area contributed by atoms with Crippen LogP contribution < -0.4 is 5.32 Å². The summed E-state index contributed by atoms with van der Waals surface area (Å²) in [5, 5.41) is 14.8. The lowest BCUT2D eigenvalue weighted by atomic mass is 9.91. The maximum absolute atomic E-state index is 12.9. The summed E-state index contributed by atoms with van der Waals surface area (Å²) in [4.78, 5) is 24.5. The van der Waals surface area contributed by atoms with Crippen LogP contribution in [0.25, 0.3) is 0 Å². The van der Waals surface area contributed by atoms with Gasteiger partial charge in [0.25, 0.3) is 5.91 Å². The quantitative estimate of drug-likeness (QED) is 0.452. The molecule has 208 valence electrons. The van der Waals surface area contributed by atoms with Gasteiger partial charge in [-0.1, -0.05) is 42.3 Å². The molecule has 0 atom stereocenters. The largest absolute Gasteiger partial charge is 0.490 e. The number of carboxylic acids is 1. The van der Waals surface area contributed by atoms with E-state index in [0.717, 1.165) is 43.4 Å². The predicted octanol–water partition coefficient (Wildman–Crippen LogP) is 5.39. The Morgan fingerprint density at radius 2 is 1.64 bits per heavy atom. The molecule has 10 heteroatoms. The number of alkyl halides is 3. The number of hydrogen-bond acceptors (Lipinski definition) is 4. The van der Waals surface area contributed by atoms with Crippen LogP contribution in [0.4, 0.5) is 18.9 Å². The van der Waals surface area contributed by atoms with E-state index in [-0.39, 0.29) is 5.91 Å². The van der Waals surface area contributed by atoms with E-state index in [0.29, 0.717) is 12.2 Å². The summed E-state index contributed by atoms with van der Waals surface area (Å²) < 4.78 is 33.6. The van der Waals surface area contributed by atoms with E-state index in [1.54, 1.807) is 0 Å². The molecule has 2 heterocycles. The highest BCUT2D eigenvalue weighted by atomic mass is 19.4. The monoisotopic (exact) mass is 542 g/mol. The summed E-state index contributed by atoms with van der Waals surface area (Å²) in [7, 11) is 0. The fourth-order valence-corrected chi connectivity index (χ4v) is 4.78. The second kappa shape index (κ2) is 12.0. The van der Waals surface area contributed by atoms with E-state index < -0.39 is 12.1 Å². The molecule has 2 aromatic carbocycles. The van der Waals surface area contributed by atoms with Gasteiger partial charge in [0.2, 0.25) is 0 Å². The Morgan fingerprint density at radius 3 is 2.23 bits per heavy atom. The zero-order valence-corrected chi connectivity index (χ0v) is 22.1. The van der Waals surface area contributed by atoms with E-state index in [1.807, 2.05) is 23.7 Å². The molecule has 1 fully saturated rings. The molecule has 0 bridgehead atoms. The lowest BCUT2D eigenvalue weighted by Gasteiger charge is -2.36. The lowest BCUT2D eigenvalue weighted by molar-refractivity contribution is -0.192. The number of carbonyl (C=O) groups is 2. The number of aromatic nitrogens is 2. The van der Waals surface area contributed by atoms with E-state index in [4.69, 9.17) is 9.90 Å². The maximum atomic E-state index is 12.9. The highest BCUT2D eigenvalue weighted by Gasteiger charge is 2.38. The van der Waals surface area contributed by atoms with Gasteiger partial charge in [0.15, 0.2) is 5.69 Å². The van der Waals surface area contributed by atoms with E-state index in [1.165, 1.54) is 41.5 Å². The first kappa shape index (κ1) is 28.4. The molecule has 1 aliphatic heterocycles. The van der Waals surface area contributed by atoms with Gasteiger partial charge >= 0.3 is 12.1 Å². The summed E-state index contributed by atoms with van der Waals surface area (Å²) in [5.74, 6) is -2.91. The van der Waals surface area contributed by atoms with Crippen LogP contribution in [0.15, 0.2) is 48.5 Å². The normalized spacial score (nSPS) is 15.8. The van der Waals surface area contributed by atoms with Crippen molar-refractivity contribution in [3.63, 3.8) is 0 Å². The van der Waals surface area contributed by atoms with Crippen molar-refractivity contribution in [1.82, 2.24) is 14.7 Å². The van der Waals surface area contributed by atoms with E-state index >= 15 is 0 Å². The van der Waals surface area contributed by atoms with Crippen molar-refractivity contribution in [3.8, 4) is 0 Å². The van der Waals surface area contributed by atoms with Crippen molar-refractivity contribution in [2.75, 3.05) is 18.4 Å². The molecular weight excluding hydrogens is 509 g/mol. The number of anilines is 1. The molecule has 0 radical (unpaired) electrons. The average Bonchev–Trinajstić information content (AvgIpc) is 3.08. The molecule has 1 saturated carbocycles. The van der Waals surface area contributed by atoms with Crippen LogP contribution in [-0.4, -0.2) is 57.0 Å². The Hall–Kier alpha value is -3.66. The minimum absolute atomic E-state index is 0.152. The van der Waals surface area contributed by atoms with Gasteiger partial charge in [-0.15, -0.1) is 0 Å². The van der Waals surface area contributed by atoms with E-state index in [2.05, 4.69) is 58.6 Å². The van der Waals surface area contributed by atoms with Crippen molar-refractivity contribution >= 4 is 17.6 Å². The van der Waals surface area contributed by atoms with Crippen LogP contribution in [-0.2, 0) is 24.2 Å². The topological polar surface area (TPSA) is 87.5 Å². The van der Waals surface area contributed by atoms with Gasteiger partial charge in [0.05, 0.1) is 6.54 Å². The number of benzene rings is 2. The Bertz CT molecular complexity index is 1310.